The van der Waals surface area contributed by atoms with E-state index in [0.717, 1.165) is 42.6 Å². The van der Waals surface area contributed by atoms with E-state index in [-0.39, 0.29) is 18.1 Å². The number of nitrogens with one attached hydrogen (secondary N) is 1. The lowest BCUT2D eigenvalue weighted by Crippen LogP contribution is -2.39. The van der Waals surface area contributed by atoms with Crippen molar-refractivity contribution < 1.29 is 23.7 Å². The number of methoxy groups -OCH3 is 3. The van der Waals surface area contributed by atoms with Gasteiger partial charge in [0.05, 0.1) is 21.3 Å². The first kappa shape index (κ1) is 23.4. The lowest BCUT2D eigenvalue weighted by atomic mass is 9.93. The number of rotatable bonds is 8. The SMILES string of the molecule is COc1cc(/C=C/C(=O)NC2CCC(Oc3nc(C)cc(C)n3)CC2)cc(OC)c1OC. The third kappa shape index (κ3) is 6.12. The summed E-state index contributed by atoms with van der Waals surface area (Å²) in [6.07, 6.45) is 6.70. The van der Waals surface area contributed by atoms with Gasteiger partial charge in [0.1, 0.15) is 6.10 Å². The Morgan fingerprint density at radius 2 is 1.53 bits per heavy atom. The van der Waals surface area contributed by atoms with E-state index in [1.165, 1.54) is 6.08 Å². The Bertz CT molecular complexity index is 923. The highest BCUT2D eigenvalue weighted by Crippen LogP contribution is 2.38. The van der Waals surface area contributed by atoms with Crippen LogP contribution in [0.5, 0.6) is 23.3 Å². The first-order chi connectivity index (χ1) is 15.4. The molecule has 0 atom stereocenters. The van der Waals surface area contributed by atoms with E-state index in [4.69, 9.17) is 18.9 Å². The van der Waals surface area contributed by atoms with Crippen molar-refractivity contribution in [3.63, 3.8) is 0 Å². The van der Waals surface area contributed by atoms with Crippen molar-refractivity contribution in [3.05, 3.63) is 41.2 Å². The summed E-state index contributed by atoms with van der Waals surface area (Å²) >= 11 is 0. The molecule has 0 unspecified atom stereocenters. The lowest BCUT2D eigenvalue weighted by Gasteiger charge is -2.28. The van der Waals surface area contributed by atoms with Crippen LogP contribution in [0.2, 0.25) is 0 Å². The van der Waals surface area contributed by atoms with Crippen LogP contribution in [-0.4, -0.2) is 49.4 Å². The standard InChI is InChI=1S/C24H31N3O5/c1-15-12-16(2)26-24(25-15)32-19-9-7-18(8-10-19)27-22(28)11-6-17-13-20(29-3)23(31-5)21(14-17)30-4/h6,11-14,18-19H,7-10H2,1-5H3,(H,27,28)/b11-6+. The van der Waals surface area contributed by atoms with E-state index >= 15 is 0 Å². The van der Waals surface area contributed by atoms with Gasteiger partial charge in [-0.3, -0.25) is 4.79 Å². The molecule has 1 aromatic carbocycles. The molecule has 1 aliphatic rings. The molecule has 172 valence electrons. The summed E-state index contributed by atoms with van der Waals surface area (Å²) in [4.78, 5) is 21.1. The zero-order valence-electron chi connectivity index (χ0n) is 19.3. The molecule has 1 amide bonds. The van der Waals surface area contributed by atoms with E-state index in [9.17, 15) is 4.79 Å². The second kappa shape index (κ2) is 10.8. The number of carbonyl (C=O) groups excluding carboxylic acids is 1. The lowest BCUT2D eigenvalue weighted by molar-refractivity contribution is -0.117. The van der Waals surface area contributed by atoms with E-state index < -0.39 is 0 Å². The number of hydrogen-bond acceptors (Lipinski definition) is 7. The fraction of sp³-hybridized carbons (Fsp3) is 0.458. The molecule has 1 fully saturated rings. The van der Waals surface area contributed by atoms with Gasteiger partial charge in [-0.05, 0) is 69.4 Å². The van der Waals surface area contributed by atoms with Crippen LogP contribution < -0.4 is 24.3 Å². The fourth-order valence-electron chi connectivity index (χ4n) is 3.84. The molecule has 0 radical (unpaired) electrons. The van der Waals surface area contributed by atoms with E-state index in [2.05, 4.69) is 15.3 Å². The van der Waals surface area contributed by atoms with Crippen molar-refractivity contribution in [1.29, 1.82) is 0 Å². The number of carbonyl (C=O) groups is 1. The number of aromatic nitrogens is 2. The second-order valence-electron chi connectivity index (χ2n) is 7.83. The molecule has 8 heteroatoms. The van der Waals surface area contributed by atoms with Gasteiger partial charge in [0, 0.05) is 23.5 Å². The molecule has 0 aliphatic heterocycles. The Morgan fingerprint density at radius 3 is 2.06 bits per heavy atom. The maximum Gasteiger partial charge on any atom is 0.317 e. The summed E-state index contributed by atoms with van der Waals surface area (Å²) in [5.74, 6) is 1.46. The summed E-state index contributed by atoms with van der Waals surface area (Å²) in [7, 11) is 4.67. The fourth-order valence-corrected chi connectivity index (χ4v) is 3.84. The molecule has 0 saturated heterocycles. The molecule has 0 spiro atoms. The predicted octanol–water partition coefficient (Wildman–Crippen LogP) is 3.64. The van der Waals surface area contributed by atoms with E-state index in [0.29, 0.717) is 23.3 Å². The number of nitrogens with zero attached hydrogens (tertiary/aromatic N) is 2. The number of benzene rings is 1. The second-order valence-corrected chi connectivity index (χ2v) is 7.83. The van der Waals surface area contributed by atoms with Crippen molar-refractivity contribution in [2.45, 2.75) is 51.7 Å². The highest BCUT2D eigenvalue weighted by atomic mass is 16.5. The predicted molar refractivity (Wildman–Crippen MR) is 121 cm³/mol. The van der Waals surface area contributed by atoms with Gasteiger partial charge in [-0.2, -0.15) is 0 Å². The molecule has 32 heavy (non-hydrogen) atoms. The Morgan fingerprint density at radius 1 is 0.938 bits per heavy atom. The van der Waals surface area contributed by atoms with E-state index in [1.54, 1.807) is 39.5 Å². The van der Waals surface area contributed by atoms with Gasteiger partial charge in [0.15, 0.2) is 11.5 Å². The van der Waals surface area contributed by atoms with Gasteiger partial charge in [0.2, 0.25) is 11.7 Å². The van der Waals surface area contributed by atoms with Crippen LogP contribution >= 0.6 is 0 Å². The van der Waals surface area contributed by atoms with Crippen LogP contribution in [0.15, 0.2) is 24.3 Å². The van der Waals surface area contributed by atoms with Crippen LogP contribution in [0.25, 0.3) is 6.08 Å². The monoisotopic (exact) mass is 441 g/mol. The third-order valence-corrected chi connectivity index (χ3v) is 5.37. The highest BCUT2D eigenvalue weighted by molar-refractivity contribution is 5.92. The normalized spacial score (nSPS) is 18.3. The Balaban J connectivity index is 1.52. The minimum Gasteiger partial charge on any atom is -0.493 e. The Hall–Kier alpha value is -3.29. The summed E-state index contributed by atoms with van der Waals surface area (Å²) in [5, 5.41) is 3.07. The molecular formula is C24H31N3O5. The van der Waals surface area contributed by atoms with Crippen LogP contribution in [0.1, 0.15) is 42.6 Å². The van der Waals surface area contributed by atoms with Crippen molar-refractivity contribution >= 4 is 12.0 Å². The highest BCUT2D eigenvalue weighted by Gasteiger charge is 2.24. The van der Waals surface area contributed by atoms with Gasteiger partial charge in [-0.25, -0.2) is 9.97 Å². The van der Waals surface area contributed by atoms with Crippen LogP contribution in [-0.2, 0) is 4.79 Å². The molecule has 2 aromatic rings. The van der Waals surface area contributed by atoms with Crippen molar-refractivity contribution in [2.24, 2.45) is 0 Å². The van der Waals surface area contributed by atoms with Crippen LogP contribution in [0.4, 0.5) is 0 Å². The quantitative estimate of drug-likeness (QED) is 0.625. The van der Waals surface area contributed by atoms with Gasteiger partial charge >= 0.3 is 6.01 Å². The summed E-state index contributed by atoms with van der Waals surface area (Å²) in [6, 6.07) is 6.06. The van der Waals surface area contributed by atoms with E-state index in [1.807, 2.05) is 19.9 Å². The molecule has 3 rings (SSSR count). The smallest absolute Gasteiger partial charge is 0.317 e. The number of aryl methyl sites for hydroxylation is 2. The minimum atomic E-state index is -0.138. The zero-order chi connectivity index (χ0) is 23.1. The molecular weight excluding hydrogens is 410 g/mol. The van der Waals surface area contributed by atoms with Gasteiger partial charge in [-0.1, -0.05) is 0 Å². The van der Waals surface area contributed by atoms with Gasteiger partial charge < -0.3 is 24.3 Å². The first-order valence-corrected chi connectivity index (χ1v) is 10.7. The van der Waals surface area contributed by atoms with Crippen molar-refractivity contribution in [2.75, 3.05) is 21.3 Å². The zero-order valence-corrected chi connectivity index (χ0v) is 19.3. The summed E-state index contributed by atoms with van der Waals surface area (Å²) in [6.45, 7) is 3.86. The molecule has 1 saturated carbocycles. The van der Waals surface area contributed by atoms with Gasteiger partial charge in [-0.15, -0.1) is 0 Å². The summed E-state index contributed by atoms with van der Waals surface area (Å²) < 4.78 is 22.0. The molecule has 0 bridgehead atoms. The molecule has 1 N–H and O–H groups in total. The topological polar surface area (TPSA) is 91.8 Å². The van der Waals surface area contributed by atoms with Crippen LogP contribution in [0, 0.1) is 13.8 Å². The van der Waals surface area contributed by atoms with Crippen molar-refractivity contribution in [1.82, 2.24) is 15.3 Å². The number of amides is 1. The van der Waals surface area contributed by atoms with Crippen LogP contribution in [0.3, 0.4) is 0 Å². The summed E-state index contributed by atoms with van der Waals surface area (Å²) in [5.41, 5.74) is 2.57. The minimum absolute atomic E-state index is 0.0686. The third-order valence-electron chi connectivity index (χ3n) is 5.37. The molecule has 8 nitrogen and oxygen atoms in total. The average Bonchev–Trinajstić information content (AvgIpc) is 2.77. The Labute approximate surface area is 189 Å². The average molecular weight is 442 g/mol. The maximum atomic E-state index is 12.4. The van der Waals surface area contributed by atoms with Gasteiger partial charge in [0.25, 0.3) is 0 Å². The van der Waals surface area contributed by atoms with Crippen molar-refractivity contribution in [3.8, 4) is 23.3 Å². The number of ether oxygens (including phenoxy) is 4. The Kier molecular flexibility index (Phi) is 7.92. The molecule has 1 aliphatic carbocycles. The largest absolute Gasteiger partial charge is 0.493 e. The first-order valence-electron chi connectivity index (χ1n) is 10.7. The maximum absolute atomic E-state index is 12.4. The molecule has 1 heterocycles. The number of hydrogen-bond donors (Lipinski definition) is 1. The molecule has 1 aromatic heterocycles.